The number of carboxylic acid groups (broad SMARTS) is 1. The largest absolute Gasteiger partial charge is 0.477 e. The number of nitro benzene ring substituents is 1. The molecule has 1 aromatic carbocycles. The molecule has 16 heavy (non-hydrogen) atoms. The van der Waals surface area contributed by atoms with Crippen molar-refractivity contribution in [3.63, 3.8) is 0 Å². The molecule has 0 saturated carbocycles. The molecule has 1 aromatic rings. The molecule has 0 atom stereocenters. The highest BCUT2D eigenvalue weighted by molar-refractivity contribution is 6.31. The first-order chi connectivity index (χ1) is 7.50. The summed E-state index contributed by atoms with van der Waals surface area (Å²) in [5.74, 6) is -1.27. The number of halogens is 1. The van der Waals surface area contributed by atoms with Crippen LogP contribution in [0.4, 0.5) is 11.4 Å². The maximum absolute atomic E-state index is 10.6. The van der Waals surface area contributed by atoms with Gasteiger partial charge in [0.15, 0.2) is 0 Å². The van der Waals surface area contributed by atoms with E-state index in [4.69, 9.17) is 16.7 Å². The minimum absolute atomic E-state index is 0.0231. The Bertz CT molecular complexity index is 461. The third-order valence-electron chi connectivity index (χ3n) is 1.52. The fraction of sp³-hybridized carbons (Fsp3) is 0. The standard InChI is InChI=1S/C8H6ClN3O4/c9-5-1-2-7(12(15)16)6(3-5)11-10-4-8(13)14/h1-4,11H,(H,13,14)/b10-4-. The number of carbonyl (C=O) groups is 1. The summed E-state index contributed by atoms with van der Waals surface area (Å²) >= 11 is 5.63. The van der Waals surface area contributed by atoms with Crippen LogP contribution >= 0.6 is 11.6 Å². The lowest BCUT2D eigenvalue weighted by Crippen LogP contribution is -2.00. The molecule has 8 heteroatoms. The van der Waals surface area contributed by atoms with Gasteiger partial charge in [0.05, 0.1) is 4.92 Å². The summed E-state index contributed by atoms with van der Waals surface area (Å²) in [6.45, 7) is 0. The molecule has 0 unspecified atom stereocenters. The fourth-order valence-electron chi connectivity index (χ4n) is 0.914. The molecule has 0 aliphatic heterocycles. The summed E-state index contributed by atoms with van der Waals surface area (Å²) in [5.41, 5.74) is 2.01. The zero-order chi connectivity index (χ0) is 12.1. The molecule has 0 heterocycles. The van der Waals surface area contributed by atoms with Crippen molar-refractivity contribution in [1.29, 1.82) is 0 Å². The lowest BCUT2D eigenvalue weighted by atomic mass is 10.3. The molecular weight excluding hydrogens is 238 g/mol. The van der Waals surface area contributed by atoms with Crippen LogP contribution in [-0.2, 0) is 4.79 Å². The highest BCUT2D eigenvalue weighted by atomic mass is 35.5. The predicted octanol–water partition coefficient (Wildman–Crippen LogP) is 1.73. The lowest BCUT2D eigenvalue weighted by molar-refractivity contribution is -0.384. The van der Waals surface area contributed by atoms with Gasteiger partial charge in [-0.1, -0.05) is 11.6 Å². The topological polar surface area (TPSA) is 105 Å². The van der Waals surface area contributed by atoms with E-state index in [1.54, 1.807) is 0 Å². The van der Waals surface area contributed by atoms with Crippen molar-refractivity contribution >= 4 is 35.2 Å². The first-order valence-electron chi connectivity index (χ1n) is 3.96. The number of carboxylic acids is 1. The second-order valence-electron chi connectivity index (χ2n) is 2.63. The SMILES string of the molecule is O=C(O)/C=N\Nc1cc(Cl)ccc1[N+](=O)[O-]. The van der Waals surface area contributed by atoms with Gasteiger partial charge < -0.3 is 5.11 Å². The van der Waals surface area contributed by atoms with Crippen LogP contribution in [0.3, 0.4) is 0 Å². The number of nitrogens with zero attached hydrogens (tertiary/aromatic N) is 2. The van der Waals surface area contributed by atoms with Crippen LogP contribution in [0.1, 0.15) is 0 Å². The number of aliphatic carboxylic acids is 1. The van der Waals surface area contributed by atoms with Crippen LogP contribution in [0.25, 0.3) is 0 Å². The third kappa shape index (κ3) is 3.21. The Balaban J connectivity index is 2.97. The van der Waals surface area contributed by atoms with Gasteiger partial charge in [-0.15, -0.1) is 0 Å². The molecular formula is C8H6ClN3O4. The normalized spacial score (nSPS) is 10.3. The zero-order valence-electron chi connectivity index (χ0n) is 7.75. The van der Waals surface area contributed by atoms with Crippen LogP contribution in [0.15, 0.2) is 23.3 Å². The third-order valence-corrected chi connectivity index (χ3v) is 1.75. The van der Waals surface area contributed by atoms with Crippen molar-refractivity contribution in [2.45, 2.75) is 0 Å². The lowest BCUT2D eigenvalue weighted by Gasteiger charge is -2.01. The van der Waals surface area contributed by atoms with E-state index in [1.807, 2.05) is 0 Å². The van der Waals surface area contributed by atoms with Crippen molar-refractivity contribution in [3.8, 4) is 0 Å². The van der Waals surface area contributed by atoms with Crippen LogP contribution in [-0.4, -0.2) is 22.2 Å². The fourth-order valence-corrected chi connectivity index (χ4v) is 1.09. The molecule has 0 spiro atoms. The van der Waals surface area contributed by atoms with Gasteiger partial charge in [0.25, 0.3) is 5.69 Å². The minimum atomic E-state index is -1.27. The van der Waals surface area contributed by atoms with Crippen LogP contribution in [0.5, 0.6) is 0 Å². The number of benzene rings is 1. The smallest absolute Gasteiger partial charge is 0.348 e. The Kier molecular flexibility index (Phi) is 3.78. The van der Waals surface area contributed by atoms with E-state index >= 15 is 0 Å². The van der Waals surface area contributed by atoms with E-state index in [0.29, 0.717) is 6.21 Å². The van der Waals surface area contributed by atoms with E-state index in [2.05, 4.69) is 10.5 Å². The second kappa shape index (κ2) is 5.08. The molecule has 0 aromatic heterocycles. The average Bonchev–Trinajstić information content (AvgIpc) is 2.16. The predicted molar refractivity (Wildman–Crippen MR) is 57.9 cm³/mol. The summed E-state index contributed by atoms with van der Waals surface area (Å²) in [4.78, 5) is 20.1. The monoisotopic (exact) mass is 243 g/mol. The molecule has 0 aliphatic carbocycles. The van der Waals surface area contributed by atoms with E-state index in [0.717, 1.165) is 0 Å². The number of hydrogen-bond donors (Lipinski definition) is 2. The maximum Gasteiger partial charge on any atom is 0.348 e. The number of nitro groups is 1. The van der Waals surface area contributed by atoms with Crippen LogP contribution < -0.4 is 5.43 Å². The highest BCUT2D eigenvalue weighted by Crippen LogP contribution is 2.27. The minimum Gasteiger partial charge on any atom is -0.477 e. The Labute approximate surface area is 94.5 Å². The molecule has 2 N–H and O–H groups in total. The summed E-state index contributed by atoms with van der Waals surface area (Å²) in [5, 5.41) is 22.4. The van der Waals surface area contributed by atoms with E-state index < -0.39 is 10.9 Å². The highest BCUT2D eigenvalue weighted by Gasteiger charge is 2.13. The number of anilines is 1. The Morgan fingerprint density at radius 1 is 1.62 bits per heavy atom. The molecule has 0 amide bonds. The number of hydrazone groups is 1. The Morgan fingerprint density at radius 3 is 2.88 bits per heavy atom. The van der Waals surface area contributed by atoms with Crippen molar-refractivity contribution < 1.29 is 14.8 Å². The van der Waals surface area contributed by atoms with Crippen molar-refractivity contribution in [3.05, 3.63) is 33.3 Å². The van der Waals surface area contributed by atoms with Crippen LogP contribution in [0.2, 0.25) is 5.02 Å². The van der Waals surface area contributed by atoms with Gasteiger partial charge in [-0.25, -0.2) is 4.79 Å². The van der Waals surface area contributed by atoms with Crippen molar-refractivity contribution in [2.75, 3.05) is 5.43 Å². The molecule has 1 rings (SSSR count). The van der Waals surface area contributed by atoms with Gasteiger partial charge in [-0.2, -0.15) is 5.10 Å². The molecule has 0 fully saturated rings. The quantitative estimate of drug-likeness (QED) is 0.476. The molecule has 0 aliphatic rings. The molecule has 84 valence electrons. The Morgan fingerprint density at radius 2 is 2.31 bits per heavy atom. The Hall–Kier alpha value is -2.15. The van der Waals surface area contributed by atoms with Crippen molar-refractivity contribution in [2.24, 2.45) is 5.10 Å². The summed E-state index contributed by atoms with van der Waals surface area (Å²) in [6, 6.07) is 3.83. The van der Waals surface area contributed by atoms with Gasteiger partial charge in [0, 0.05) is 11.1 Å². The summed E-state index contributed by atoms with van der Waals surface area (Å²) in [7, 11) is 0. The average molecular weight is 244 g/mol. The number of hydrogen-bond acceptors (Lipinski definition) is 5. The second-order valence-corrected chi connectivity index (χ2v) is 3.06. The van der Waals surface area contributed by atoms with Gasteiger partial charge in [0.2, 0.25) is 0 Å². The summed E-state index contributed by atoms with van der Waals surface area (Å²) in [6.07, 6.45) is 0.574. The maximum atomic E-state index is 10.6. The van der Waals surface area contributed by atoms with Gasteiger partial charge >= 0.3 is 5.97 Å². The van der Waals surface area contributed by atoms with Gasteiger partial charge in [-0.05, 0) is 12.1 Å². The van der Waals surface area contributed by atoms with Gasteiger partial charge in [0.1, 0.15) is 11.9 Å². The number of rotatable bonds is 4. The molecule has 0 radical (unpaired) electrons. The van der Waals surface area contributed by atoms with E-state index in [-0.39, 0.29) is 16.4 Å². The number of nitrogens with one attached hydrogen (secondary N) is 1. The van der Waals surface area contributed by atoms with E-state index in [9.17, 15) is 14.9 Å². The first-order valence-corrected chi connectivity index (χ1v) is 4.34. The zero-order valence-corrected chi connectivity index (χ0v) is 8.51. The van der Waals surface area contributed by atoms with Gasteiger partial charge in [-0.3, -0.25) is 15.5 Å². The first kappa shape index (κ1) is 11.9. The van der Waals surface area contributed by atoms with Crippen LogP contribution in [0, 0.1) is 10.1 Å². The molecule has 0 bridgehead atoms. The molecule has 7 nitrogen and oxygen atoms in total. The molecule has 0 saturated heterocycles. The van der Waals surface area contributed by atoms with Crippen molar-refractivity contribution in [1.82, 2.24) is 0 Å². The summed E-state index contributed by atoms with van der Waals surface area (Å²) < 4.78 is 0. The van der Waals surface area contributed by atoms with E-state index in [1.165, 1.54) is 18.2 Å².